The van der Waals surface area contributed by atoms with E-state index in [0.717, 1.165) is 25.0 Å². The number of benzene rings is 1. The number of amides is 1. The molecule has 1 saturated heterocycles. The zero-order chi connectivity index (χ0) is 18.6. The maximum atomic E-state index is 12.3. The Morgan fingerprint density at radius 2 is 1.89 bits per heavy atom. The van der Waals surface area contributed by atoms with Crippen LogP contribution in [0.4, 0.5) is 0 Å². The summed E-state index contributed by atoms with van der Waals surface area (Å²) in [5.74, 6) is 0.582. The molecular formula is C22H27N3O2. The number of hydrogen-bond donors (Lipinski definition) is 2. The Morgan fingerprint density at radius 3 is 2.52 bits per heavy atom. The summed E-state index contributed by atoms with van der Waals surface area (Å²) in [4.78, 5) is 19.1. The van der Waals surface area contributed by atoms with Crippen molar-refractivity contribution in [3.63, 3.8) is 0 Å². The van der Waals surface area contributed by atoms with Crippen LogP contribution in [0.25, 0.3) is 0 Å². The van der Waals surface area contributed by atoms with Crippen LogP contribution in [0.15, 0.2) is 54.7 Å². The van der Waals surface area contributed by atoms with Crippen LogP contribution in [0.2, 0.25) is 0 Å². The number of pyridine rings is 1. The number of hydrogen-bond acceptors (Lipinski definition) is 4. The molecule has 2 aliphatic rings. The number of likely N-dealkylation sites (tertiary alicyclic amines) is 1. The van der Waals surface area contributed by atoms with Gasteiger partial charge in [-0.2, -0.15) is 0 Å². The number of nitrogens with zero attached hydrogens (tertiary/aromatic N) is 2. The van der Waals surface area contributed by atoms with Crippen molar-refractivity contribution in [1.29, 1.82) is 0 Å². The number of carbonyl (C=O) groups excluding carboxylic acids is 1. The molecule has 2 fully saturated rings. The standard InChI is InChI=1S/C22H27N3O2/c26-15-20-21(16-7-2-1-3-8-16)19(13-24-22(27)17-9-6-10-17)25(20)14-18-11-4-5-12-23-18/h1-5,7-8,11-12,17,19-21,26H,6,9-10,13-15H2,(H,24,27)/t19-,20+,21+/m1/s1. The van der Waals surface area contributed by atoms with Crippen molar-refractivity contribution in [2.75, 3.05) is 13.2 Å². The fraction of sp³-hybridized carbons (Fsp3) is 0.455. The molecule has 1 saturated carbocycles. The van der Waals surface area contributed by atoms with Crippen LogP contribution in [0.5, 0.6) is 0 Å². The first kappa shape index (κ1) is 18.1. The molecular weight excluding hydrogens is 338 g/mol. The van der Waals surface area contributed by atoms with Gasteiger partial charge in [-0.25, -0.2) is 0 Å². The molecule has 1 aromatic carbocycles. The normalized spacial score (nSPS) is 25.4. The van der Waals surface area contributed by atoms with Crippen LogP contribution >= 0.6 is 0 Å². The highest BCUT2D eigenvalue weighted by Crippen LogP contribution is 2.41. The van der Waals surface area contributed by atoms with E-state index < -0.39 is 0 Å². The number of aliphatic hydroxyl groups excluding tert-OH is 1. The molecule has 2 N–H and O–H groups in total. The van der Waals surface area contributed by atoms with Gasteiger partial charge in [0.25, 0.3) is 0 Å². The second kappa shape index (κ2) is 8.19. The molecule has 5 heteroatoms. The van der Waals surface area contributed by atoms with Crippen molar-refractivity contribution < 1.29 is 9.90 Å². The number of aliphatic hydroxyl groups is 1. The molecule has 5 nitrogen and oxygen atoms in total. The van der Waals surface area contributed by atoms with Crippen molar-refractivity contribution in [2.24, 2.45) is 5.92 Å². The van der Waals surface area contributed by atoms with E-state index in [2.05, 4.69) is 27.3 Å². The van der Waals surface area contributed by atoms with Crippen molar-refractivity contribution in [3.8, 4) is 0 Å². The molecule has 0 radical (unpaired) electrons. The molecule has 1 aromatic heterocycles. The van der Waals surface area contributed by atoms with Gasteiger partial charge in [0.2, 0.25) is 5.91 Å². The second-order valence-electron chi connectivity index (χ2n) is 7.62. The summed E-state index contributed by atoms with van der Waals surface area (Å²) in [6.45, 7) is 1.39. The zero-order valence-electron chi connectivity index (χ0n) is 15.5. The van der Waals surface area contributed by atoms with Gasteiger partial charge in [0.15, 0.2) is 0 Å². The Bertz CT molecular complexity index is 749. The lowest BCUT2D eigenvalue weighted by Crippen LogP contribution is -2.66. The SMILES string of the molecule is O=C(NC[C@@H]1[C@H](c2ccccc2)[C@H](CO)N1Cc1ccccn1)C1CCC1. The first-order valence-electron chi connectivity index (χ1n) is 9.87. The summed E-state index contributed by atoms with van der Waals surface area (Å²) in [5.41, 5.74) is 2.20. The Labute approximate surface area is 160 Å². The highest BCUT2D eigenvalue weighted by molar-refractivity contribution is 5.79. The van der Waals surface area contributed by atoms with E-state index in [9.17, 15) is 9.90 Å². The summed E-state index contributed by atoms with van der Waals surface area (Å²) in [7, 11) is 0. The van der Waals surface area contributed by atoms with Crippen molar-refractivity contribution in [3.05, 3.63) is 66.0 Å². The molecule has 3 atom stereocenters. The lowest BCUT2D eigenvalue weighted by Gasteiger charge is -2.55. The van der Waals surface area contributed by atoms with Crippen LogP contribution in [0.1, 0.15) is 36.4 Å². The van der Waals surface area contributed by atoms with E-state index in [1.165, 1.54) is 5.56 Å². The fourth-order valence-electron chi connectivity index (χ4n) is 4.33. The molecule has 2 heterocycles. The zero-order valence-corrected chi connectivity index (χ0v) is 15.5. The highest BCUT2D eigenvalue weighted by Gasteiger charge is 2.48. The Balaban J connectivity index is 1.51. The topological polar surface area (TPSA) is 65.5 Å². The van der Waals surface area contributed by atoms with E-state index in [4.69, 9.17) is 0 Å². The van der Waals surface area contributed by atoms with Gasteiger partial charge in [-0.05, 0) is 30.5 Å². The van der Waals surface area contributed by atoms with Crippen LogP contribution in [-0.2, 0) is 11.3 Å². The molecule has 0 bridgehead atoms. The first-order chi connectivity index (χ1) is 13.3. The lowest BCUT2D eigenvalue weighted by atomic mass is 9.74. The molecule has 1 amide bonds. The summed E-state index contributed by atoms with van der Waals surface area (Å²) in [5, 5.41) is 13.2. The summed E-state index contributed by atoms with van der Waals surface area (Å²) in [6.07, 6.45) is 4.97. The van der Waals surface area contributed by atoms with E-state index in [0.29, 0.717) is 13.1 Å². The Hall–Kier alpha value is -2.24. The summed E-state index contributed by atoms with van der Waals surface area (Å²) < 4.78 is 0. The lowest BCUT2D eigenvalue weighted by molar-refractivity contribution is -0.128. The van der Waals surface area contributed by atoms with Crippen molar-refractivity contribution in [1.82, 2.24) is 15.2 Å². The van der Waals surface area contributed by atoms with Crippen LogP contribution in [-0.4, -0.2) is 46.1 Å². The third-order valence-electron chi connectivity index (χ3n) is 6.08. The van der Waals surface area contributed by atoms with Gasteiger partial charge in [-0.15, -0.1) is 0 Å². The van der Waals surface area contributed by atoms with Gasteiger partial charge in [-0.3, -0.25) is 14.7 Å². The Morgan fingerprint density at radius 1 is 1.11 bits per heavy atom. The third kappa shape index (κ3) is 3.75. The van der Waals surface area contributed by atoms with Gasteiger partial charge >= 0.3 is 0 Å². The molecule has 0 unspecified atom stereocenters. The predicted octanol–water partition coefficient (Wildman–Crippen LogP) is 2.33. The molecule has 2 aromatic rings. The van der Waals surface area contributed by atoms with Crippen molar-refractivity contribution >= 4 is 5.91 Å². The molecule has 1 aliphatic carbocycles. The molecule has 0 spiro atoms. The van der Waals surface area contributed by atoms with E-state index >= 15 is 0 Å². The van der Waals surface area contributed by atoms with E-state index in [1.54, 1.807) is 6.20 Å². The molecule has 142 valence electrons. The van der Waals surface area contributed by atoms with E-state index in [-0.39, 0.29) is 36.4 Å². The number of nitrogens with one attached hydrogen (secondary N) is 1. The fourth-order valence-corrected chi connectivity index (χ4v) is 4.33. The first-order valence-corrected chi connectivity index (χ1v) is 9.87. The molecule has 1 aliphatic heterocycles. The largest absolute Gasteiger partial charge is 0.395 e. The molecule has 27 heavy (non-hydrogen) atoms. The monoisotopic (exact) mass is 365 g/mol. The molecule has 4 rings (SSSR count). The van der Waals surface area contributed by atoms with Crippen LogP contribution in [0.3, 0.4) is 0 Å². The van der Waals surface area contributed by atoms with Crippen molar-refractivity contribution in [2.45, 2.75) is 43.8 Å². The van der Waals surface area contributed by atoms with E-state index in [1.807, 2.05) is 36.4 Å². The van der Waals surface area contributed by atoms with Crippen LogP contribution in [0, 0.1) is 5.92 Å². The second-order valence-corrected chi connectivity index (χ2v) is 7.62. The van der Waals surface area contributed by atoms with Gasteiger partial charge in [-0.1, -0.05) is 42.8 Å². The van der Waals surface area contributed by atoms with Gasteiger partial charge < -0.3 is 10.4 Å². The van der Waals surface area contributed by atoms with Crippen LogP contribution < -0.4 is 5.32 Å². The average Bonchev–Trinajstić information content (AvgIpc) is 2.65. The number of rotatable bonds is 7. The number of carbonyl (C=O) groups is 1. The van der Waals surface area contributed by atoms with Gasteiger partial charge in [0.1, 0.15) is 0 Å². The minimum Gasteiger partial charge on any atom is -0.395 e. The average molecular weight is 365 g/mol. The maximum absolute atomic E-state index is 12.3. The van der Waals surface area contributed by atoms with Gasteiger partial charge in [0.05, 0.1) is 12.3 Å². The minimum atomic E-state index is 0.0417. The Kier molecular flexibility index (Phi) is 5.50. The van der Waals surface area contributed by atoms with Gasteiger partial charge in [0, 0.05) is 43.2 Å². The summed E-state index contributed by atoms with van der Waals surface area (Å²) >= 11 is 0. The minimum absolute atomic E-state index is 0.0417. The number of aromatic nitrogens is 1. The highest BCUT2D eigenvalue weighted by atomic mass is 16.3. The summed E-state index contributed by atoms with van der Waals surface area (Å²) in [6, 6.07) is 16.4. The smallest absolute Gasteiger partial charge is 0.223 e. The quantitative estimate of drug-likeness (QED) is 0.790. The maximum Gasteiger partial charge on any atom is 0.223 e. The predicted molar refractivity (Wildman–Crippen MR) is 104 cm³/mol. The third-order valence-corrected chi connectivity index (χ3v) is 6.08.